The smallest absolute Gasteiger partial charge is 0.225 e. The lowest BCUT2D eigenvalue weighted by Crippen LogP contribution is -2.43. The fourth-order valence-electron chi connectivity index (χ4n) is 3.80. The fraction of sp³-hybridized carbons (Fsp3) is 0.579. The maximum atomic E-state index is 12.3. The molecule has 1 amide bonds. The molecule has 0 atom stereocenters. The van der Waals surface area contributed by atoms with Crippen molar-refractivity contribution in [1.29, 1.82) is 0 Å². The zero-order chi connectivity index (χ0) is 17.2. The van der Waals surface area contributed by atoms with E-state index in [-0.39, 0.29) is 0 Å². The third-order valence-corrected chi connectivity index (χ3v) is 5.64. The van der Waals surface area contributed by atoms with Crippen molar-refractivity contribution in [2.24, 2.45) is 18.9 Å². The maximum absolute atomic E-state index is 12.3. The first-order valence-electron chi connectivity index (χ1n) is 9.27. The highest BCUT2D eigenvalue weighted by Gasteiger charge is 2.31. The summed E-state index contributed by atoms with van der Waals surface area (Å²) >= 11 is 0. The molecule has 0 unspecified atom stereocenters. The summed E-state index contributed by atoms with van der Waals surface area (Å²) in [6.07, 6.45) is 13.7. The Hall–Kier alpha value is -2.24. The summed E-state index contributed by atoms with van der Waals surface area (Å²) < 4.78 is 1.96. The second kappa shape index (κ2) is 6.94. The first-order chi connectivity index (χ1) is 12.2. The average Bonchev–Trinajstić information content (AvgIpc) is 3.00. The molecule has 0 N–H and O–H groups in total. The first kappa shape index (κ1) is 16.2. The Morgan fingerprint density at radius 1 is 1.12 bits per heavy atom. The molecular weight excluding hydrogens is 314 g/mol. The van der Waals surface area contributed by atoms with Crippen LogP contribution >= 0.6 is 0 Å². The van der Waals surface area contributed by atoms with Gasteiger partial charge in [-0.15, -0.1) is 0 Å². The molecule has 0 aromatic carbocycles. The minimum absolute atomic E-state index is 0.318. The highest BCUT2D eigenvalue weighted by molar-refractivity contribution is 5.79. The van der Waals surface area contributed by atoms with Gasteiger partial charge in [0.05, 0.1) is 30.1 Å². The molecular formula is C19H25N5O. The van der Waals surface area contributed by atoms with Crippen LogP contribution in [0.4, 0.5) is 0 Å². The van der Waals surface area contributed by atoms with Crippen LogP contribution in [-0.4, -0.2) is 43.4 Å². The van der Waals surface area contributed by atoms with E-state index in [2.05, 4.69) is 14.9 Å². The molecule has 1 aliphatic heterocycles. The Labute approximate surface area is 148 Å². The fourth-order valence-corrected chi connectivity index (χ4v) is 3.80. The zero-order valence-corrected chi connectivity index (χ0v) is 14.8. The zero-order valence-electron chi connectivity index (χ0n) is 14.8. The molecule has 6 heteroatoms. The van der Waals surface area contributed by atoms with Crippen molar-refractivity contribution in [3.8, 4) is 11.4 Å². The monoisotopic (exact) mass is 339 g/mol. The Kier molecular flexibility index (Phi) is 4.51. The molecule has 2 aromatic rings. The van der Waals surface area contributed by atoms with Gasteiger partial charge in [-0.25, -0.2) is 9.97 Å². The number of amides is 1. The Balaban J connectivity index is 1.36. The van der Waals surface area contributed by atoms with Crippen LogP contribution in [0, 0.1) is 11.8 Å². The molecule has 132 valence electrons. The van der Waals surface area contributed by atoms with Crippen LogP contribution in [0.3, 0.4) is 0 Å². The molecule has 2 aliphatic rings. The standard InChI is InChI=1S/C19H25N5O/c1-23-13-21-12-18(23)17-11-20-10-16(22-17)9-14-5-7-24(8-6-14)19(25)15-3-2-4-15/h10-15H,2-9H2,1H3. The topological polar surface area (TPSA) is 63.9 Å². The average molecular weight is 339 g/mol. The number of carbonyl (C=O) groups excluding carboxylic acids is 1. The third-order valence-electron chi connectivity index (χ3n) is 5.64. The highest BCUT2D eigenvalue weighted by atomic mass is 16.2. The molecule has 1 saturated carbocycles. The predicted molar refractivity (Wildman–Crippen MR) is 94.6 cm³/mol. The van der Waals surface area contributed by atoms with Gasteiger partial charge in [-0.1, -0.05) is 6.42 Å². The summed E-state index contributed by atoms with van der Waals surface area (Å²) in [5.41, 5.74) is 2.88. The van der Waals surface area contributed by atoms with Crippen LogP contribution in [0.15, 0.2) is 24.9 Å². The van der Waals surface area contributed by atoms with E-state index in [1.807, 2.05) is 24.0 Å². The maximum Gasteiger partial charge on any atom is 0.225 e. The van der Waals surface area contributed by atoms with E-state index >= 15 is 0 Å². The molecule has 2 aromatic heterocycles. The number of rotatable bonds is 4. The summed E-state index contributed by atoms with van der Waals surface area (Å²) in [6, 6.07) is 0. The van der Waals surface area contributed by atoms with Crippen LogP contribution in [0.2, 0.25) is 0 Å². The van der Waals surface area contributed by atoms with Gasteiger partial charge in [-0.3, -0.25) is 9.78 Å². The molecule has 0 radical (unpaired) electrons. The molecule has 0 bridgehead atoms. The highest BCUT2D eigenvalue weighted by Crippen LogP contribution is 2.30. The summed E-state index contributed by atoms with van der Waals surface area (Å²) in [5.74, 6) is 1.29. The largest absolute Gasteiger partial charge is 0.342 e. The predicted octanol–water partition coefficient (Wildman–Crippen LogP) is 2.46. The molecule has 4 rings (SSSR count). The first-order valence-corrected chi connectivity index (χ1v) is 9.27. The third kappa shape index (κ3) is 3.43. The van der Waals surface area contributed by atoms with Crippen molar-refractivity contribution in [3.05, 3.63) is 30.6 Å². The molecule has 0 spiro atoms. The summed E-state index contributed by atoms with van der Waals surface area (Å²) in [5, 5.41) is 0. The second-order valence-electron chi connectivity index (χ2n) is 7.39. The molecule has 2 fully saturated rings. The van der Waals surface area contributed by atoms with Gasteiger partial charge >= 0.3 is 0 Å². The van der Waals surface area contributed by atoms with E-state index in [0.29, 0.717) is 17.7 Å². The number of nitrogens with zero attached hydrogens (tertiary/aromatic N) is 5. The minimum Gasteiger partial charge on any atom is -0.342 e. The lowest BCUT2D eigenvalue weighted by molar-refractivity contribution is -0.139. The number of likely N-dealkylation sites (tertiary alicyclic amines) is 1. The minimum atomic E-state index is 0.318. The summed E-state index contributed by atoms with van der Waals surface area (Å²) in [7, 11) is 1.96. The van der Waals surface area contributed by atoms with Gasteiger partial charge in [-0.2, -0.15) is 0 Å². The lowest BCUT2D eigenvalue weighted by atomic mass is 9.83. The van der Waals surface area contributed by atoms with Crippen molar-refractivity contribution in [3.63, 3.8) is 0 Å². The van der Waals surface area contributed by atoms with Crippen LogP contribution in [0.1, 0.15) is 37.8 Å². The number of aryl methyl sites for hydroxylation is 1. The number of hydrogen-bond donors (Lipinski definition) is 0. The van der Waals surface area contributed by atoms with E-state index in [9.17, 15) is 4.79 Å². The number of imidazole rings is 1. The Bertz CT molecular complexity index is 744. The van der Waals surface area contributed by atoms with Crippen LogP contribution in [0.5, 0.6) is 0 Å². The van der Waals surface area contributed by atoms with Crippen molar-refractivity contribution in [2.45, 2.75) is 38.5 Å². The number of aromatic nitrogens is 4. The van der Waals surface area contributed by atoms with Crippen molar-refractivity contribution in [1.82, 2.24) is 24.4 Å². The normalized spacial score (nSPS) is 19.0. The lowest BCUT2D eigenvalue weighted by Gasteiger charge is -2.36. The van der Waals surface area contributed by atoms with Gasteiger partial charge in [0.1, 0.15) is 5.69 Å². The van der Waals surface area contributed by atoms with Gasteiger partial charge < -0.3 is 9.47 Å². The van der Waals surface area contributed by atoms with E-state index in [1.165, 1.54) is 6.42 Å². The quantitative estimate of drug-likeness (QED) is 0.858. The van der Waals surface area contributed by atoms with Crippen LogP contribution in [-0.2, 0) is 18.3 Å². The SMILES string of the molecule is Cn1cncc1-c1cncc(CC2CCN(C(=O)C3CCC3)CC2)n1. The van der Waals surface area contributed by atoms with Crippen molar-refractivity contribution in [2.75, 3.05) is 13.1 Å². The molecule has 6 nitrogen and oxygen atoms in total. The van der Waals surface area contributed by atoms with E-state index in [0.717, 1.165) is 62.3 Å². The van der Waals surface area contributed by atoms with E-state index < -0.39 is 0 Å². The van der Waals surface area contributed by atoms with Crippen molar-refractivity contribution < 1.29 is 4.79 Å². The Morgan fingerprint density at radius 3 is 2.56 bits per heavy atom. The summed E-state index contributed by atoms with van der Waals surface area (Å²) in [6.45, 7) is 1.80. The van der Waals surface area contributed by atoms with Gasteiger partial charge in [0.25, 0.3) is 0 Å². The van der Waals surface area contributed by atoms with Gasteiger partial charge in [-0.05, 0) is 38.0 Å². The molecule has 1 saturated heterocycles. The number of carbonyl (C=O) groups is 1. The number of piperidine rings is 1. The number of hydrogen-bond acceptors (Lipinski definition) is 4. The summed E-state index contributed by atoms with van der Waals surface area (Å²) in [4.78, 5) is 27.7. The van der Waals surface area contributed by atoms with Gasteiger partial charge in [0.15, 0.2) is 0 Å². The molecule has 1 aliphatic carbocycles. The van der Waals surface area contributed by atoms with Crippen molar-refractivity contribution >= 4 is 5.91 Å². The van der Waals surface area contributed by atoms with Gasteiger partial charge in [0, 0.05) is 32.3 Å². The van der Waals surface area contributed by atoms with E-state index in [1.54, 1.807) is 12.5 Å². The van der Waals surface area contributed by atoms with Gasteiger partial charge in [0.2, 0.25) is 5.91 Å². The second-order valence-corrected chi connectivity index (χ2v) is 7.39. The van der Waals surface area contributed by atoms with Crippen LogP contribution in [0.25, 0.3) is 11.4 Å². The van der Waals surface area contributed by atoms with E-state index in [4.69, 9.17) is 4.98 Å². The van der Waals surface area contributed by atoms with Crippen LogP contribution < -0.4 is 0 Å². The molecule has 3 heterocycles. The Morgan fingerprint density at radius 2 is 1.92 bits per heavy atom. The molecule has 25 heavy (non-hydrogen) atoms.